The van der Waals surface area contributed by atoms with Crippen molar-refractivity contribution in [1.29, 1.82) is 0 Å². The Labute approximate surface area is 193 Å². The summed E-state index contributed by atoms with van der Waals surface area (Å²) in [5.41, 5.74) is 1.27. The summed E-state index contributed by atoms with van der Waals surface area (Å²) < 4.78 is 45.3. The number of thiazole rings is 1. The molecule has 0 aliphatic carbocycles. The Kier molecular flexibility index (Phi) is 6.35. The van der Waals surface area contributed by atoms with Crippen LogP contribution in [0.1, 0.15) is 30.0 Å². The standard InChI is InChI=1S/C20H20ClFN4O4S2/c1-3-30-20(27)16-15-9-12(25-32(2,28)29)10-26(15)18(19-23-6-7-31-19)24-17(16)13-5-4-11(22)8-14(13)21/h4-8,12,17,25H,3,9-10H2,1-2H3/t12-,17+/m0/s1. The molecule has 2 atom stereocenters. The highest BCUT2D eigenvalue weighted by Crippen LogP contribution is 2.42. The van der Waals surface area contributed by atoms with E-state index in [0.717, 1.165) is 12.3 Å². The lowest BCUT2D eigenvalue weighted by Gasteiger charge is -2.31. The number of sulfonamides is 1. The van der Waals surface area contributed by atoms with Gasteiger partial charge in [0.2, 0.25) is 10.0 Å². The van der Waals surface area contributed by atoms with Gasteiger partial charge in [-0.25, -0.2) is 27.3 Å². The van der Waals surface area contributed by atoms with Crippen LogP contribution in [0.25, 0.3) is 0 Å². The molecule has 12 heteroatoms. The first-order valence-corrected chi connectivity index (χ1v) is 12.9. The number of fused-ring (bicyclic) bond motifs is 1. The molecular formula is C20H20ClFN4O4S2. The number of aliphatic imine (C=N–C) groups is 1. The third-order valence-corrected chi connectivity index (χ3v) is 6.87. The number of hydrogen-bond donors (Lipinski definition) is 1. The molecule has 3 heterocycles. The first-order valence-electron chi connectivity index (χ1n) is 9.75. The molecular weight excluding hydrogens is 479 g/mol. The van der Waals surface area contributed by atoms with E-state index >= 15 is 0 Å². The van der Waals surface area contributed by atoms with E-state index < -0.39 is 33.9 Å². The minimum atomic E-state index is -3.48. The van der Waals surface area contributed by atoms with Crippen molar-refractivity contribution in [3.8, 4) is 0 Å². The molecule has 0 radical (unpaired) electrons. The Hall–Kier alpha value is -2.34. The molecule has 1 aromatic heterocycles. The average molecular weight is 499 g/mol. The van der Waals surface area contributed by atoms with Gasteiger partial charge in [0.25, 0.3) is 0 Å². The van der Waals surface area contributed by atoms with Gasteiger partial charge in [0, 0.05) is 46.9 Å². The number of carbonyl (C=O) groups is 1. The number of amidine groups is 1. The maximum absolute atomic E-state index is 13.7. The van der Waals surface area contributed by atoms with Crippen LogP contribution in [-0.2, 0) is 19.6 Å². The van der Waals surface area contributed by atoms with Gasteiger partial charge in [-0.15, -0.1) is 11.3 Å². The van der Waals surface area contributed by atoms with Gasteiger partial charge in [-0.05, 0) is 19.1 Å². The van der Waals surface area contributed by atoms with Crippen molar-refractivity contribution in [3.05, 3.63) is 62.5 Å². The number of aromatic nitrogens is 1. The molecule has 1 saturated heterocycles. The second kappa shape index (κ2) is 8.89. The van der Waals surface area contributed by atoms with Crippen molar-refractivity contribution in [2.45, 2.75) is 25.4 Å². The summed E-state index contributed by atoms with van der Waals surface area (Å²) in [7, 11) is -3.48. The van der Waals surface area contributed by atoms with Gasteiger partial charge in [0.1, 0.15) is 11.9 Å². The van der Waals surface area contributed by atoms with Crippen molar-refractivity contribution < 1.29 is 22.3 Å². The Morgan fingerprint density at radius 2 is 2.22 bits per heavy atom. The van der Waals surface area contributed by atoms with Crippen LogP contribution >= 0.6 is 22.9 Å². The maximum atomic E-state index is 13.7. The van der Waals surface area contributed by atoms with Gasteiger partial charge in [0.15, 0.2) is 10.8 Å². The monoisotopic (exact) mass is 498 g/mol. The zero-order chi connectivity index (χ0) is 23.0. The van der Waals surface area contributed by atoms with Gasteiger partial charge in [-0.3, -0.25) is 4.99 Å². The number of nitrogens with one attached hydrogen (secondary N) is 1. The fourth-order valence-corrected chi connectivity index (χ4v) is 5.57. The number of esters is 1. The van der Waals surface area contributed by atoms with Crippen LogP contribution in [-0.4, -0.2) is 55.6 Å². The van der Waals surface area contributed by atoms with Crippen LogP contribution < -0.4 is 4.72 Å². The Bertz CT molecular complexity index is 1210. The smallest absolute Gasteiger partial charge is 0.338 e. The minimum absolute atomic E-state index is 0.122. The van der Waals surface area contributed by atoms with E-state index in [1.807, 2.05) is 0 Å². The number of rotatable bonds is 6. The number of ether oxygens (including phenoxy) is 1. The summed E-state index contributed by atoms with van der Waals surface area (Å²) >= 11 is 7.70. The number of halogens is 2. The largest absolute Gasteiger partial charge is 0.463 e. The quantitative estimate of drug-likeness (QED) is 0.614. The predicted octanol–water partition coefficient (Wildman–Crippen LogP) is 2.88. The highest BCUT2D eigenvalue weighted by atomic mass is 35.5. The fraction of sp³-hybridized carbons (Fsp3) is 0.350. The predicted molar refractivity (Wildman–Crippen MR) is 120 cm³/mol. The third kappa shape index (κ3) is 4.56. The first kappa shape index (κ1) is 22.8. The van der Waals surface area contributed by atoms with Crippen molar-refractivity contribution >= 4 is 44.8 Å². The molecule has 2 aromatic rings. The highest BCUT2D eigenvalue weighted by molar-refractivity contribution is 7.88. The van der Waals surface area contributed by atoms with Gasteiger partial charge < -0.3 is 9.64 Å². The van der Waals surface area contributed by atoms with Crippen LogP contribution in [0.4, 0.5) is 4.39 Å². The number of carbonyl (C=O) groups excluding carboxylic acids is 1. The van der Waals surface area contributed by atoms with Crippen LogP contribution in [0.5, 0.6) is 0 Å². The van der Waals surface area contributed by atoms with Crippen molar-refractivity contribution in [1.82, 2.24) is 14.6 Å². The second-order valence-corrected chi connectivity index (χ2v) is 10.4. The summed E-state index contributed by atoms with van der Waals surface area (Å²) in [6.07, 6.45) is 2.97. The summed E-state index contributed by atoms with van der Waals surface area (Å²) in [6, 6.07) is 2.57. The molecule has 0 spiro atoms. The molecule has 1 fully saturated rings. The summed E-state index contributed by atoms with van der Waals surface area (Å²) in [5.74, 6) is -0.602. The maximum Gasteiger partial charge on any atom is 0.338 e. The van der Waals surface area contributed by atoms with Crippen LogP contribution in [0.2, 0.25) is 5.02 Å². The van der Waals surface area contributed by atoms with E-state index in [0.29, 0.717) is 22.1 Å². The van der Waals surface area contributed by atoms with Gasteiger partial charge in [-0.1, -0.05) is 17.7 Å². The molecule has 2 aliphatic heterocycles. The van der Waals surface area contributed by atoms with Crippen LogP contribution in [0.15, 0.2) is 46.0 Å². The highest BCUT2D eigenvalue weighted by Gasteiger charge is 2.43. The molecule has 32 heavy (non-hydrogen) atoms. The molecule has 0 amide bonds. The molecule has 170 valence electrons. The molecule has 0 bridgehead atoms. The minimum Gasteiger partial charge on any atom is -0.463 e. The van der Waals surface area contributed by atoms with E-state index in [-0.39, 0.29) is 30.2 Å². The van der Waals surface area contributed by atoms with Gasteiger partial charge >= 0.3 is 5.97 Å². The topological polar surface area (TPSA) is 101 Å². The molecule has 4 rings (SSSR count). The molecule has 0 saturated carbocycles. The second-order valence-electron chi connectivity index (χ2n) is 7.34. The lowest BCUT2D eigenvalue weighted by Crippen LogP contribution is -2.39. The molecule has 8 nitrogen and oxygen atoms in total. The number of benzene rings is 1. The summed E-state index contributed by atoms with van der Waals surface area (Å²) in [5, 5.41) is 2.52. The lowest BCUT2D eigenvalue weighted by atomic mass is 9.94. The zero-order valence-electron chi connectivity index (χ0n) is 17.2. The SMILES string of the molecule is CCOC(=O)C1=C2C[C@H](NS(C)(=O)=O)CN2C(c2nccs2)=N[C@@H]1c1ccc(F)cc1Cl. The molecule has 1 N–H and O–H groups in total. The van der Waals surface area contributed by atoms with Crippen molar-refractivity contribution in [3.63, 3.8) is 0 Å². The van der Waals surface area contributed by atoms with E-state index in [1.54, 1.807) is 23.4 Å². The zero-order valence-corrected chi connectivity index (χ0v) is 19.6. The lowest BCUT2D eigenvalue weighted by molar-refractivity contribution is -0.139. The van der Waals surface area contributed by atoms with Gasteiger partial charge in [-0.2, -0.15) is 0 Å². The van der Waals surface area contributed by atoms with E-state index in [2.05, 4.69) is 9.71 Å². The van der Waals surface area contributed by atoms with Crippen LogP contribution in [0.3, 0.4) is 0 Å². The number of nitrogens with zero attached hydrogens (tertiary/aromatic N) is 3. The molecule has 2 aliphatic rings. The molecule has 1 aromatic carbocycles. The van der Waals surface area contributed by atoms with Crippen molar-refractivity contribution in [2.24, 2.45) is 4.99 Å². The van der Waals surface area contributed by atoms with E-state index in [4.69, 9.17) is 21.3 Å². The summed E-state index contributed by atoms with van der Waals surface area (Å²) in [6.45, 7) is 2.11. The third-order valence-electron chi connectivity index (χ3n) is 5.02. The Morgan fingerprint density at radius 3 is 2.84 bits per heavy atom. The van der Waals surface area contributed by atoms with E-state index in [1.165, 1.54) is 23.5 Å². The first-order chi connectivity index (χ1) is 15.2. The average Bonchev–Trinajstić information content (AvgIpc) is 3.35. The van der Waals surface area contributed by atoms with Crippen LogP contribution in [0, 0.1) is 5.82 Å². The van der Waals surface area contributed by atoms with Gasteiger partial charge in [0.05, 0.1) is 18.4 Å². The fourth-order valence-electron chi connectivity index (χ4n) is 3.90. The summed E-state index contributed by atoms with van der Waals surface area (Å²) in [4.78, 5) is 24.0. The number of hydrogen-bond acceptors (Lipinski definition) is 8. The normalized spacial score (nSPS) is 20.9. The van der Waals surface area contributed by atoms with E-state index in [9.17, 15) is 17.6 Å². The van der Waals surface area contributed by atoms with Crippen molar-refractivity contribution in [2.75, 3.05) is 19.4 Å². The Morgan fingerprint density at radius 1 is 1.44 bits per heavy atom. The Balaban J connectivity index is 1.89. The molecule has 0 unspecified atom stereocenters.